The maximum absolute atomic E-state index is 12.9. The van der Waals surface area contributed by atoms with E-state index in [1.54, 1.807) is 37.3 Å². The number of carbonyl (C=O) groups excluding carboxylic acids is 2. The quantitative estimate of drug-likeness (QED) is 0.260. The summed E-state index contributed by atoms with van der Waals surface area (Å²) in [6, 6.07) is 7.07. The van der Waals surface area contributed by atoms with Crippen molar-refractivity contribution in [3.8, 4) is 5.75 Å². The Kier molecular flexibility index (Phi) is 10.6. The molecule has 3 heterocycles. The van der Waals surface area contributed by atoms with Crippen LogP contribution in [0, 0.1) is 5.92 Å². The average molecular weight is 601 g/mol. The van der Waals surface area contributed by atoms with Gasteiger partial charge in [-0.25, -0.2) is 4.98 Å². The topological polar surface area (TPSA) is 157 Å². The second kappa shape index (κ2) is 14.3. The number of ether oxygens (including phenoxy) is 2. The summed E-state index contributed by atoms with van der Waals surface area (Å²) in [4.78, 5) is 50.0. The first kappa shape index (κ1) is 31.0. The number of fused-ring (bicyclic) bond motifs is 1. The number of hydrogen-bond acceptors (Lipinski definition) is 10. The third-order valence-corrected chi connectivity index (χ3v) is 7.44. The van der Waals surface area contributed by atoms with Gasteiger partial charge in [0, 0.05) is 64.3 Å². The van der Waals surface area contributed by atoms with Crippen LogP contribution in [0.3, 0.4) is 0 Å². The third kappa shape index (κ3) is 7.46. The molecule has 4 rings (SSSR count). The van der Waals surface area contributed by atoms with Gasteiger partial charge in [0.05, 0.1) is 24.9 Å². The maximum Gasteiger partial charge on any atom is 0.293 e. The zero-order chi connectivity index (χ0) is 30.2. The summed E-state index contributed by atoms with van der Waals surface area (Å²) in [5, 5.41) is 6.78. The second-order valence-corrected chi connectivity index (χ2v) is 10.4. The molecular formula is C28H37ClN8O5. The number of likely N-dealkylation sites (N-methyl/N-ethyl adjacent to an activating group) is 2. The zero-order valence-electron chi connectivity index (χ0n) is 24.1. The highest BCUT2D eigenvalue weighted by molar-refractivity contribution is 6.32. The molecule has 0 bridgehead atoms. The Morgan fingerprint density at radius 3 is 2.69 bits per heavy atom. The number of carbonyl (C=O) groups is 2. The number of hydrogen-bond donors (Lipinski definition) is 3. The van der Waals surface area contributed by atoms with Crippen molar-refractivity contribution >= 4 is 51.8 Å². The van der Waals surface area contributed by atoms with E-state index in [1.807, 2.05) is 17.0 Å². The van der Waals surface area contributed by atoms with Gasteiger partial charge in [-0.3, -0.25) is 14.4 Å². The Hall–Kier alpha value is -3.94. The molecule has 0 aliphatic carbocycles. The van der Waals surface area contributed by atoms with Gasteiger partial charge in [0.1, 0.15) is 5.02 Å². The van der Waals surface area contributed by atoms with E-state index >= 15 is 0 Å². The molecule has 2 amide bonds. The molecular weight excluding hydrogens is 564 g/mol. The highest BCUT2D eigenvalue weighted by atomic mass is 35.5. The Labute approximate surface area is 248 Å². The van der Waals surface area contributed by atoms with Gasteiger partial charge in [-0.05, 0) is 37.1 Å². The molecule has 0 spiro atoms. The predicted octanol–water partition coefficient (Wildman–Crippen LogP) is 1.50. The number of benzene rings is 1. The number of piperidine rings is 1. The zero-order valence-corrected chi connectivity index (χ0v) is 24.8. The summed E-state index contributed by atoms with van der Waals surface area (Å²) in [5.41, 5.74) is 6.48. The summed E-state index contributed by atoms with van der Waals surface area (Å²) < 4.78 is 12.3. The van der Waals surface area contributed by atoms with Crippen LogP contribution in [0.5, 0.6) is 5.75 Å². The van der Waals surface area contributed by atoms with Crippen molar-refractivity contribution in [1.82, 2.24) is 24.8 Å². The molecule has 0 radical (unpaired) electrons. The lowest BCUT2D eigenvalue weighted by Gasteiger charge is -2.33. The Bertz CT molecular complexity index is 1470. The number of anilines is 3. The largest absolute Gasteiger partial charge is 0.478 e. The minimum absolute atomic E-state index is 0.0653. The number of rotatable bonds is 12. The van der Waals surface area contributed by atoms with Gasteiger partial charge in [-0.15, -0.1) is 0 Å². The summed E-state index contributed by atoms with van der Waals surface area (Å²) >= 11 is 6.44. The van der Waals surface area contributed by atoms with E-state index in [-0.39, 0.29) is 35.6 Å². The SMILES string of the molecule is CNC(=O)COc1cc2cc(Nc3nc(N4CCC(C(=O)N(C)CCOCCN)CC4)ncc3Cl)ccc2n(C)c1=O. The Morgan fingerprint density at radius 1 is 1.21 bits per heavy atom. The Balaban J connectivity index is 1.43. The van der Waals surface area contributed by atoms with Crippen LogP contribution < -0.4 is 31.6 Å². The van der Waals surface area contributed by atoms with Crippen molar-refractivity contribution < 1.29 is 19.1 Å². The fourth-order valence-electron chi connectivity index (χ4n) is 4.72. The number of amides is 2. The number of nitrogens with zero attached hydrogens (tertiary/aromatic N) is 5. The lowest BCUT2D eigenvalue weighted by atomic mass is 9.95. The lowest BCUT2D eigenvalue weighted by molar-refractivity contribution is -0.135. The van der Waals surface area contributed by atoms with E-state index in [1.165, 1.54) is 11.6 Å². The summed E-state index contributed by atoms with van der Waals surface area (Å²) in [7, 11) is 4.94. The van der Waals surface area contributed by atoms with Gasteiger partial charge < -0.3 is 40.2 Å². The van der Waals surface area contributed by atoms with E-state index < -0.39 is 0 Å². The third-order valence-electron chi connectivity index (χ3n) is 7.16. The van der Waals surface area contributed by atoms with E-state index in [2.05, 4.69) is 20.6 Å². The molecule has 4 N–H and O–H groups in total. The molecule has 1 aromatic carbocycles. The van der Waals surface area contributed by atoms with Gasteiger partial charge in [-0.2, -0.15) is 4.98 Å². The van der Waals surface area contributed by atoms with Gasteiger partial charge in [0.25, 0.3) is 11.5 Å². The fraction of sp³-hybridized carbons (Fsp3) is 0.464. The van der Waals surface area contributed by atoms with Crippen molar-refractivity contribution in [3.05, 3.63) is 45.8 Å². The number of pyridine rings is 1. The van der Waals surface area contributed by atoms with Gasteiger partial charge >= 0.3 is 0 Å². The number of aromatic nitrogens is 3. The standard InChI is InChI=1S/C28H37ClN8O5/c1-31-24(38)17-42-23-15-19-14-20(4-5-22(19)36(3)27(23)40)33-25-21(29)16-32-28(34-25)37-9-6-18(7-10-37)26(39)35(2)11-13-41-12-8-30/h4-5,14-16,18H,6-13,17,30H2,1-3H3,(H,31,38)(H,32,33,34). The van der Waals surface area contributed by atoms with Crippen LogP contribution >= 0.6 is 11.6 Å². The van der Waals surface area contributed by atoms with E-state index in [0.717, 1.165) is 5.39 Å². The van der Waals surface area contributed by atoms with Gasteiger partial charge in [0.15, 0.2) is 18.2 Å². The van der Waals surface area contributed by atoms with Gasteiger partial charge in [-0.1, -0.05) is 11.6 Å². The molecule has 0 saturated carbocycles. The smallest absolute Gasteiger partial charge is 0.293 e. The normalized spacial score (nSPS) is 13.7. The molecule has 226 valence electrons. The van der Waals surface area contributed by atoms with Gasteiger partial charge in [0.2, 0.25) is 11.9 Å². The fourth-order valence-corrected chi connectivity index (χ4v) is 4.86. The molecule has 1 aliphatic heterocycles. The molecule has 0 atom stereocenters. The van der Waals surface area contributed by atoms with Crippen LogP contribution in [-0.2, 0) is 21.4 Å². The number of halogens is 1. The Morgan fingerprint density at radius 2 is 1.98 bits per heavy atom. The molecule has 0 unspecified atom stereocenters. The molecule has 1 fully saturated rings. The van der Waals surface area contributed by atoms with Crippen LogP contribution in [0.1, 0.15) is 12.8 Å². The molecule has 1 saturated heterocycles. The first-order chi connectivity index (χ1) is 20.2. The summed E-state index contributed by atoms with van der Waals surface area (Å²) in [6.07, 6.45) is 2.93. The van der Waals surface area contributed by atoms with Crippen LogP contribution in [-0.4, -0.2) is 91.3 Å². The lowest BCUT2D eigenvalue weighted by Crippen LogP contribution is -2.42. The highest BCUT2D eigenvalue weighted by Crippen LogP contribution is 2.29. The van der Waals surface area contributed by atoms with E-state index in [9.17, 15) is 14.4 Å². The van der Waals surface area contributed by atoms with Crippen molar-refractivity contribution in [2.45, 2.75) is 12.8 Å². The number of nitrogens with two attached hydrogens (primary N) is 1. The van der Waals surface area contributed by atoms with Crippen molar-refractivity contribution in [3.63, 3.8) is 0 Å². The van der Waals surface area contributed by atoms with E-state index in [4.69, 9.17) is 26.8 Å². The molecule has 1 aliphatic rings. The minimum atomic E-state index is -0.343. The van der Waals surface area contributed by atoms with E-state index in [0.29, 0.717) is 80.2 Å². The summed E-state index contributed by atoms with van der Waals surface area (Å²) in [5.74, 6) is 0.725. The monoisotopic (exact) mass is 600 g/mol. The molecule has 42 heavy (non-hydrogen) atoms. The number of nitrogens with one attached hydrogen (secondary N) is 2. The van der Waals surface area contributed by atoms with Crippen molar-refractivity contribution in [1.29, 1.82) is 0 Å². The van der Waals surface area contributed by atoms with Crippen LogP contribution in [0.15, 0.2) is 35.3 Å². The van der Waals surface area contributed by atoms with Crippen LogP contribution in [0.25, 0.3) is 10.9 Å². The second-order valence-electron chi connectivity index (χ2n) is 10.0. The molecule has 2 aromatic heterocycles. The summed E-state index contributed by atoms with van der Waals surface area (Å²) in [6.45, 7) is 2.95. The minimum Gasteiger partial charge on any atom is -0.478 e. The maximum atomic E-state index is 12.9. The van der Waals surface area contributed by atoms with Crippen LogP contribution in [0.4, 0.5) is 17.5 Å². The molecule has 3 aromatic rings. The average Bonchev–Trinajstić information content (AvgIpc) is 3.00. The highest BCUT2D eigenvalue weighted by Gasteiger charge is 2.28. The molecule has 13 nitrogen and oxygen atoms in total. The predicted molar refractivity (Wildman–Crippen MR) is 162 cm³/mol. The van der Waals surface area contributed by atoms with Crippen molar-refractivity contribution in [2.24, 2.45) is 18.7 Å². The first-order valence-corrected chi connectivity index (χ1v) is 14.1. The first-order valence-electron chi connectivity index (χ1n) is 13.8. The molecule has 14 heteroatoms. The number of aryl methyl sites for hydroxylation is 1. The van der Waals surface area contributed by atoms with Crippen molar-refractivity contribution in [2.75, 3.05) is 70.3 Å². The van der Waals surface area contributed by atoms with Crippen LogP contribution in [0.2, 0.25) is 5.02 Å².